The summed E-state index contributed by atoms with van der Waals surface area (Å²) in [6.07, 6.45) is 10.1. The van der Waals surface area contributed by atoms with Crippen LogP contribution < -0.4 is 10.6 Å². The van der Waals surface area contributed by atoms with Crippen LogP contribution in [0.3, 0.4) is 0 Å². The van der Waals surface area contributed by atoms with Crippen LogP contribution in [0.5, 0.6) is 0 Å². The number of rotatable bonds is 6. The minimum atomic E-state index is -0.247. The first-order chi connectivity index (χ1) is 11.2. The quantitative estimate of drug-likeness (QED) is 0.840. The molecule has 0 bridgehead atoms. The van der Waals surface area contributed by atoms with Crippen LogP contribution in [0.2, 0.25) is 0 Å². The van der Waals surface area contributed by atoms with Crippen molar-refractivity contribution in [2.24, 2.45) is 5.92 Å². The van der Waals surface area contributed by atoms with Crippen LogP contribution in [-0.2, 0) is 9.53 Å². The predicted molar refractivity (Wildman–Crippen MR) is 88.3 cm³/mol. The van der Waals surface area contributed by atoms with E-state index in [-0.39, 0.29) is 17.9 Å². The first kappa shape index (κ1) is 16.2. The van der Waals surface area contributed by atoms with E-state index in [1.54, 1.807) is 12.4 Å². The number of anilines is 1. The summed E-state index contributed by atoms with van der Waals surface area (Å²) in [5.41, 5.74) is 0.839. The third kappa shape index (κ3) is 4.41. The van der Waals surface area contributed by atoms with E-state index < -0.39 is 0 Å². The molecule has 2 aliphatic rings. The van der Waals surface area contributed by atoms with E-state index in [4.69, 9.17) is 4.74 Å². The summed E-state index contributed by atoms with van der Waals surface area (Å²) in [5.74, 6) is 1.15. The van der Waals surface area contributed by atoms with Crippen LogP contribution >= 0.6 is 0 Å². The van der Waals surface area contributed by atoms with Crippen molar-refractivity contribution in [1.82, 2.24) is 15.3 Å². The van der Waals surface area contributed by atoms with Crippen LogP contribution in [0.25, 0.3) is 0 Å². The molecule has 1 amide bonds. The molecule has 0 spiro atoms. The van der Waals surface area contributed by atoms with Gasteiger partial charge in [-0.25, -0.2) is 9.97 Å². The van der Waals surface area contributed by atoms with E-state index >= 15 is 0 Å². The molecule has 1 saturated carbocycles. The van der Waals surface area contributed by atoms with Crippen molar-refractivity contribution in [2.75, 3.05) is 25.1 Å². The van der Waals surface area contributed by atoms with E-state index in [0.29, 0.717) is 19.2 Å². The Morgan fingerprint density at radius 2 is 1.96 bits per heavy atom. The van der Waals surface area contributed by atoms with Crippen LogP contribution in [0.1, 0.15) is 50.5 Å². The topological polar surface area (TPSA) is 76.1 Å². The molecule has 1 aromatic heterocycles. The van der Waals surface area contributed by atoms with E-state index in [1.165, 1.54) is 32.1 Å². The lowest BCUT2D eigenvalue weighted by atomic mass is 9.89. The Labute approximate surface area is 137 Å². The number of amides is 1. The third-order valence-electron chi connectivity index (χ3n) is 4.82. The molecule has 2 heterocycles. The highest BCUT2D eigenvalue weighted by Gasteiger charge is 2.24. The maximum Gasteiger partial charge on any atom is 0.227 e. The highest BCUT2D eigenvalue weighted by molar-refractivity contribution is 5.83. The lowest BCUT2D eigenvalue weighted by molar-refractivity contribution is -0.126. The molecule has 3 rings (SSSR count). The number of nitrogens with zero attached hydrogens (tertiary/aromatic N) is 2. The van der Waals surface area contributed by atoms with Gasteiger partial charge in [0.15, 0.2) is 0 Å². The van der Waals surface area contributed by atoms with Gasteiger partial charge in [-0.1, -0.05) is 19.3 Å². The van der Waals surface area contributed by atoms with E-state index in [2.05, 4.69) is 20.6 Å². The first-order valence-electron chi connectivity index (χ1n) is 8.66. The highest BCUT2D eigenvalue weighted by Crippen LogP contribution is 2.23. The molecule has 126 valence electrons. The Morgan fingerprint density at radius 3 is 2.57 bits per heavy atom. The van der Waals surface area contributed by atoms with Crippen molar-refractivity contribution < 1.29 is 9.53 Å². The maximum absolute atomic E-state index is 12.1. The van der Waals surface area contributed by atoms with Gasteiger partial charge in [-0.15, -0.1) is 0 Å². The number of ether oxygens (including phenoxy) is 1. The molecule has 1 unspecified atom stereocenters. The zero-order valence-corrected chi connectivity index (χ0v) is 13.8. The minimum absolute atomic E-state index is 0.00446. The zero-order valence-electron chi connectivity index (χ0n) is 13.8. The van der Waals surface area contributed by atoms with Gasteiger partial charge in [-0.3, -0.25) is 4.79 Å². The summed E-state index contributed by atoms with van der Waals surface area (Å²) in [4.78, 5) is 20.8. The fourth-order valence-electron chi connectivity index (χ4n) is 3.08. The second-order valence-electron chi connectivity index (χ2n) is 6.69. The summed E-state index contributed by atoms with van der Waals surface area (Å²) >= 11 is 0. The van der Waals surface area contributed by atoms with Gasteiger partial charge in [0.1, 0.15) is 0 Å². The van der Waals surface area contributed by atoms with Gasteiger partial charge < -0.3 is 15.4 Å². The lowest BCUT2D eigenvalue weighted by Gasteiger charge is -2.28. The molecule has 6 nitrogen and oxygen atoms in total. The molecule has 2 fully saturated rings. The molecule has 0 aromatic carbocycles. The number of aromatic nitrogens is 2. The number of carbonyl (C=O) groups is 1. The summed E-state index contributed by atoms with van der Waals surface area (Å²) in [6, 6.07) is 0.155. The molecule has 1 aliphatic heterocycles. The molecule has 2 N–H and O–H groups in total. The molecule has 1 saturated heterocycles. The summed E-state index contributed by atoms with van der Waals surface area (Å²) < 4.78 is 5.07. The minimum Gasteiger partial charge on any atom is -0.377 e. The lowest BCUT2D eigenvalue weighted by Crippen LogP contribution is -2.49. The summed E-state index contributed by atoms with van der Waals surface area (Å²) in [7, 11) is 0. The van der Waals surface area contributed by atoms with E-state index in [9.17, 15) is 4.79 Å². The van der Waals surface area contributed by atoms with E-state index in [1.807, 2.05) is 6.92 Å². The Balaban J connectivity index is 1.48. The van der Waals surface area contributed by atoms with Crippen molar-refractivity contribution >= 4 is 11.9 Å². The highest BCUT2D eigenvalue weighted by atomic mass is 16.5. The number of carbonyl (C=O) groups excluding carboxylic acids is 1. The van der Waals surface area contributed by atoms with Crippen LogP contribution in [-0.4, -0.2) is 41.7 Å². The van der Waals surface area contributed by atoms with Crippen molar-refractivity contribution in [3.8, 4) is 0 Å². The second-order valence-corrected chi connectivity index (χ2v) is 6.69. The number of hydrogen-bond acceptors (Lipinski definition) is 5. The Bertz CT molecular complexity index is 510. The SMILES string of the molecule is CC(C(=O)NC1COC1)c1cnc(NCC2CCCCC2)nc1. The van der Waals surface area contributed by atoms with Crippen molar-refractivity contribution in [1.29, 1.82) is 0 Å². The molecular weight excluding hydrogens is 292 g/mol. The Hall–Kier alpha value is -1.69. The molecular formula is C17H26N4O2. The van der Waals surface area contributed by atoms with Gasteiger partial charge in [0, 0.05) is 24.5 Å². The van der Waals surface area contributed by atoms with Gasteiger partial charge in [0.2, 0.25) is 11.9 Å². The second kappa shape index (κ2) is 7.73. The van der Waals surface area contributed by atoms with Crippen LogP contribution in [0.4, 0.5) is 5.95 Å². The van der Waals surface area contributed by atoms with Gasteiger partial charge in [-0.05, 0) is 25.7 Å². The van der Waals surface area contributed by atoms with Crippen LogP contribution in [0, 0.1) is 5.92 Å². The first-order valence-corrected chi connectivity index (χ1v) is 8.66. The Morgan fingerprint density at radius 1 is 1.26 bits per heavy atom. The average molecular weight is 318 g/mol. The van der Waals surface area contributed by atoms with Crippen molar-refractivity contribution in [3.63, 3.8) is 0 Å². The van der Waals surface area contributed by atoms with E-state index in [0.717, 1.165) is 18.0 Å². The molecule has 0 radical (unpaired) electrons. The molecule has 1 atom stereocenters. The standard InChI is InChI=1S/C17H26N4O2/c1-12(16(22)21-15-10-23-11-15)14-8-19-17(20-9-14)18-7-13-5-3-2-4-6-13/h8-9,12-13,15H,2-7,10-11H2,1H3,(H,21,22)(H,18,19,20). The van der Waals surface area contributed by atoms with Gasteiger partial charge in [-0.2, -0.15) is 0 Å². The van der Waals surface area contributed by atoms with Gasteiger partial charge >= 0.3 is 0 Å². The molecule has 6 heteroatoms. The maximum atomic E-state index is 12.1. The molecule has 1 aromatic rings. The van der Waals surface area contributed by atoms with Gasteiger partial charge in [0.05, 0.1) is 25.2 Å². The number of hydrogen-bond donors (Lipinski definition) is 2. The van der Waals surface area contributed by atoms with Gasteiger partial charge in [0.25, 0.3) is 0 Å². The van der Waals surface area contributed by atoms with Crippen LogP contribution in [0.15, 0.2) is 12.4 Å². The summed E-state index contributed by atoms with van der Waals surface area (Å²) in [6.45, 7) is 4.04. The third-order valence-corrected chi connectivity index (χ3v) is 4.82. The summed E-state index contributed by atoms with van der Waals surface area (Å²) in [5, 5.41) is 6.28. The Kier molecular flexibility index (Phi) is 5.43. The number of nitrogens with one attached hydrogen (secondary N) is 2. The largest absolute Gasteiger partial charge is 0.377 e. The van der Waals surface area contributed by atoms with Crippen molar-refractivity contribution in [3.05, 3.63) is 18.0 Å². The molecule has 1 aliphatic carbocycles. The smallest absolute Gasteiger partial charge is 0.227 e. The predicted octanol–water partition coefficient (Wildman–Crippen LogP) is 2.09. The normalized spacial score (nSPS) is 20.6. The van der Waals surface area contributed by atoms with Crippen molar-refractivity contribution in [2.45, 2.75) is 51.0 Å². The fourth-order valence-corrected chi connectivity index (χ4v) is 3.08. The average Bonchev–Trinajstić information content (AvgIpc) is 2.57. The fraction of sp³-hybridized carbons (Fsp3) is 0.706. The molecule has 23 heavy (non-hydrogen) atoms. The monoisotopic (exact) mass is 318 g/mol. The zero-order chi connectivity index (χ0) is 16.1.